The first kappa shape index (κ1) is 34.5. The molecule has 0 aliphatic heterocycles. The lowest BCUT2D eigenvalue weighted by Gasteiger charge is -2.08. The summed E-state index contributed by atoms with van der Waals surface area (Å²) in [7, 11) is 0. The van der Waals surface area contributed by atoms with E-state index in [1.54, 1.807) is 13.8 Å². The van der Waals surface area contributed by atoms with Crippen LogP contribution >= 0.6 is 0 Å². The van der Waals surface area contributed by atoms with Crippen LogP contribution in [0.5, 0.6) is 0 Å². The van der Waals surface area contributed by atoms with Gasteiger partial charge in [-0.1, -0.05) is 122 Å². The molecule has 0 heterocycles. The van der Waals surface area contributed by atoms with Gasteiger partial charge in [0.15, 0.2) is 0 Å². The van der Waals surface area contributed by atoms with E-state index < -0.39 is 6.10 Å². The maximum Gasteiger partial charge on any atom is 0.305 e. The van der Waals surface area contributed by atoms with Crippen LogP contribution in [-0.2, 0) is 9.53 Å². The molecule has 0 aliphatic carbocycles. The molecule has 0 amide bonds. The Kier molecular flexibility index (Phi) is 30.7. The minimum Gasteiger partial charge on any atom is -0.463 e. The van der Waals surface area contributed by atoms with E-state index >= 15 is 0 Å². The lowest BCUT2D eigenvalue weighted by Crippen LogP contribution is -2.21. The van der Waals surface area contributed by atoms with Crippen LogP contribution in [-0.4, -0.2) is 46.7 Å². The van der Waals surface area contributed by atoms with Crippen molar-refractivity contribution in [2.45, 2.75) is 161 Å². The molecule has 0 rings (SSSR count). The van der Waals surface area contributed by atoms with Crippen LogP contribution in [0.3, 0.4) is 0 Å². The molecule has 0 fully saturated rings. The van der Waals surface area contributed by atoms with Gasteiger partial charge in [0.25, 0.3) is 0 Å². The van der Waals surface area contributed by atoms with E-state index in [4.69, 9.17) is 20.1 Å². The Hall–Kier alpha value is -0.650. The number of aliphatic hydroxyl groups is 3. The van der Waals surface area contributed by atoms with E-state index in [2.05, 4.69) is 6.92 Å². The molecule has 0 spiro atoms. The molecule has 5 nitrogen and oxygen atoms in total. The highest BCUT2D eigenvalue weighted by Crippen LogP contribution is 2.14. The van der Waals surface area contributed by atoms with Crippen molar-refractivity contribution in [3.05, 3.63) is 0 Å². The number of rotatable bonds is 23. The Morgan fingerprint density at radius 2 is 0.939 bits per heavy atom. The third kappa shape index (κ3) is 36.1. The highest BCUT2D eigenvalue weighted by atomic mass is 16.5. The summed E-state index contributed by atoms with van der Waals surface area (Å²) in [5, 5.41) is 25.8. The van der Waals surface area contributed by atoms with Crippen molar-refractivity contribution in [3.63, 3.8) is 0 Å². The van der Waals surface area contributed by atoms with Crippen molar-refractivity contribution in [1.29, 1.82) is 0 Å². The van der Waals surface area contributed by atoms with Gasteiger partial charge in [-0.3, -0.25) is 4.79 Å². The lowest BCUT2D eigenvalue weighted by atomic mass is 10.0. The Labute approximate surface area is 205 Å². The molecule has 0 aliphatic rings. The Bertz CT molecular complexity index is 371. The molecule has 0 saturated heterocycles. The van der Waals surface area contributed by atoms with Crippen molar-refractivity contribution < 1.29 is 24.9 Å². The molecule has 0 aromatic carbocycles. The Balaban J connectivity index is 0. The van der Waals surface area contributed by atoms with Crippen LogP contribution in [0.25, 0.3) is 0 Å². The maximum absolute atomic E-state index is 11.4. The molecule has 3 N–H and O–H groups in total. The first-order valence-electron chi connectivity index (χ1n) is 14.1. The normalized spacial score (nSPS) is 11.8. The van der Waals surface area contributed by atoms with E-state index in [9.17, 15) is 4.79 Å². The minimum atomic E-state index is -0.955. The second-order valence-corrected chi connectivity index (χ2v) is 9.73. The summed E-state index contributed by atoms with van der Waals surface area (Å²) in [5.74, 6) is -0.274. The molecule has 0 aromatic heterocycles. The molecule has 0 radical (unpaired) electrons. The third-order valence-corrected chi connectivity index (χ3v) is 5.63. The van der Waals surface area contributed by atoms with Gasteiger partial charge >= 0.3 is 5.97 Å². The Morgan fingerprint density at radius 1 is 0.636 bits per heavy atom. The van der Waals surface area contributed by atoms with E-state index in [1.165, 1.54) is 109 Å². The fraction of sp³-hybridized carbons (Fsp3) is 0.964. The standard InChI is InChI=1S/C25H50O4.C3H8O/c1-2-3-4-5-6-7-8-9-10-11-12-13-14-15-16-17-18-19-20-21-25(28)29-23-24(27)22-26;1-3(2)4/h24,26-27H,2-23H2,1H3;3-4H,1-2H3. The number of hydrogen-bond acceptors (Lipinski definition) is 5. The van der Waals surface area contributed by atoms with E-state index in [1.807, 2.05) is 0 Å². The summed E-state index contributed by atoms with van der Waals surface area (Å²) < 4.78 is 4.88. The highest BCUT2D eigenvalue weighted by Gasteiger charge is 2.07. The van der Waals surface area contributed by atoms with Crippen LogP contribution < -0.4 is 0 Å². The number of esters is 1. The van der Waals surface area contributed by atoms with Crippen LogP contribution in [0.1, 0.15) is 149 Å². The van der Waals surface area contributed by atoms with Gasteiger partial charge in [0, 0.05) is 12.5 Å². The zero-order valence-electron chi connectivity index (χ0n) is 22.4. The number of hydrogen-bond donors (Lipinski definition) is 3. The van der Waals surface area contributed by atoms with Crippen molar-refractivity contribution in [2.24, 2.45) is 0 Å². The van der Waals surface area contributed by atoms with Gasteiger partial charge in [-0.25, -0.2) is 0 Å². The Morgan fingerprint density at radius 3 is 1.24 bits per heavy atom. The lowest BCUT2D eigenvalue weighted by molar-refractivity contribution is -0.147. The third-order valence-electron chi connectivity index (χ3n) is 5.63. The van der Waals surface area contributed by atoms with E-state index in [0.717, 1.165) is 12.8 Å². The summed E-state index contributed by atoms with van der Waals surface area (Å²) in [6, 6.07) is 0. The molecule has 200 valence electrons. The predicted molar refractivity (Wildman–Crippen MR) is 139 cm³/mol. The quantitative estimate of drug-likeness (QED) is 0.109. The van der Waals surface area contributed by atoms with Crippen molar-refractivity contribution in [1.82, 2.24) is 0 Å². The summed E-state index contributed by atoms with van der Waals surface area (Å²) in [6.45, 7) is 5.25. The SMILES string of the molecule is CC(C)O.CCCCCCCCCCCCCCCCCCCCCC(=O)OCC(O)CO. The summed E-state index contributed by atoms with van der Waals surface area (Å²) in [4.78, 5) is 11.4. The van der Waals surface area contributed by atoms with Crippen LogP contribution in [0, 0.1) is 0 Å². The second-order valence-electron chi connectivity index (χ2n) is 9.73. The van der Waals surface area contributed by atoms with Gasteiger partial charge in [-0.15, -0.1) is 0 Å². The average molecular weight is 475 g/mol. The monoisotopic (exact) mass is 474 g/mol. The van der Waals surface area contributed by atoms with Gasteiger partial charge in [-0.2, -0.15) is 0 Å². The molecule has 1 unspecified atom stereocenters. The molecule has 0 aromatic rings. The van der Waals surface area contributed by atoms with Gasteiger partial charge in [0.2, 0.25) is 0 Å². The average Bonchev–Trinajstić information content (AvgIpc) is 2.78. The van der Waals surface area contributed by atoms with Crippen LogP contribution in [0.4, 0.5) is 0 Å². The molecule has 5 heteroatoms. The largest absolute Gasteiger partial charge is 0.463 e. The zero-order valence-corrected chi connectivity index (χ0v) is 22.4. The number of ether oxygens (including phenoxy) is 1. The van der Waals surface area contributed by atoms with Crippen LogP contribution in [0.15, 0.2) is 0 Å². The van der Waals surface area contributed by atoms with Gasteiger partial charge in [0.05, 0.1) is 6.61 Å². The van der Waals surface area contributed by atoms with Crippen molar-refractivity contribution in [2.75, 3.05) is 13.2 Å². The molecular weight excluding hydrogens is 416 g/mol. The first-order chi connectivity index (χ1) is 15.9. The van der Waals surface area contributed by atoms with E-state index in [-0.39, 0.29) is 25.3 Å². The zero-order chi connectivity index (χ0) is 25.0. The van der Waals surface area contributed by atoms with Gasteiger partial charge < -0.3 is 20.1 Å². The second kappa shape index (κ2) is 29.4. The fourth-order valence-electron chi connectivity index (χ4n) is 3.66. The number of carbonyl (C=O) groups excluding carboxylic acids is 1. The molecule has 0 saturated carbocycles. The van der Waals surface area contributed by atoms with E-state index in [0.29, 0.717) is 6.42 Å². The minimum absolute atomic E-state index is 0.103. The van der Waals surface area contributed by atoms with Crippen molar-refractivity contribution >= 4 is 5.97 Å². The number of unbranched alkanes of at least 4 members (excludes halogenated alkanes) is 18. The summed E-state index contributed by atoms with van der Waals surface area (Å²) >= 11 is 0. The van der Waals surface area contributed by atoms with Crippen molar-refractivity contribution in [3.8, 4) is 0 Å². The number of aliphatic hydroxyl groups excluding tert-OH is 3. The molecule has 0 bridgehead atoms. The molecular formula is C28H58O5. The van der Waals surface area contributed by atoms with Gasteiger partial charge in [0.1, 0.15) is 12.7 Å². The predicted octanol–water partition coefficient (Wildman–Crippen LogP) is 7.09. The smallest absolute Gasteiger partial charge is 0.305 e. The first-order valence-corrected chi connectivity index (χ1v) is 14.1. The molecule has 1 atom stereocenters. The topological polar surface area (TPSA) is 87.0 Å². The molecule has 33 heavy (non-hydrogen) atoms. The highest BCUT2D eigenvalue weighted by molar-refractivity contribution is 5.69. The fourth-order valence-corrected chi connectivity index (χ4v) is 3.66. The van der Waals surface area contributed by atoms with Gasteiger partial charge in [-0.05, 0) is 20.3 Å². The summed E-state index contributed by atoms with van der Waals surface area (Å²) in [6.07, 6.45) is 24.7. The van der Waals surface area contributed by atoms with Crippen LogP contribution in [0.2, 0.25) is 0 Å². The summed E-state index contributed by atoms with van der Waals surface area (Å²) in [5.41, 5.74) is 0. The number of carbonyl (C=O) groups is 1. The maximum atomic E-state index is 11.4.